The standard InChI is InChI=1S/C13H18N4S/c1-3-6-14-13-15-7-4-12(17-13)16-9-11-10(2)5-8-18-11/h4-5,7-8H,3,6,9H2,1-2H3,(H2,14,15,16,17). The summed E-state index contributed by atoms with van der Waals surface area (Å²) in [6.07, 6.45) is 2.84. The molecule has 4 nitrogen and oxygen atoms in total. The lowest BCUT2D eigenvalue weighted by Crippen LogP contribution is -2.07. The molecule has 5 heteroatoms. The number of nitrogens with one attached hydrogen (secondary N) is 2. The van der Waals surface area contributed by atoms with Crippen LogP contribution in [0.3, 0.4) is 0 Å². The second-order valence-electron chi connectivity index (χ2n) is 4.07. The number of aromatic nitrogens is 2. The molecule has 0 aromatic carbocycles. The Morgan fingerprint density at radius 1 is 1.28 bits per heavy atom. The van der Waals surface area contributed by atoms with E-state index in [2.05, 4.69) is 45.9 Å². The van der Waals surface area contributed by atoms with Gasteiger partial charge >= 0.3 is 0 Å². The fraction of sp³-hybridized carbons (Fsp3) is 0.385. The maximum atomic E-state index is 4.41. The molecule has 0 aliphatic carbocycles. The molecule has 0 aliphatic rings. The Balaban J connectivity index is 1.95. The van der Waals surface area contributed by atoms with Gasteiger partial charge in [0.1, 0.15) is 5.82 Å². The fourth-order valence-electron chi connectivity index (χ4n) is 1.54. The van der Waals surface area contributed by atoms with Crippen LogP contribution in [0.15, 0.2) is 23.7 Å². The molecular formula is C13H18N4S. The molecule has 0 atom stereocenters. The van der Waals surface area contributed by atoms with Crippen molar-refractivity contribution in [2.24, 2.45) is 0 Å². The van der Waals surface area contributed by atoms with Gasteiger partial charge in [-0.1, -0.05) is 6.92 Å². The van der Waals surface area contributed by atoms with Crippen LogP contribution < -0.4 is 10.6 Å². The van der Waals surface area contributed by atoms with Crippen LogP contribution in [0.4, 0.5) is 11.8 Å². The fourth-order valence-corrected chi connectivity index (χ4v) is 2.38. The van der Waals surface area contributed by atoms with Crippen LogP contribution in [0.5, 0.6) is 0 Å². The van der Waals surface area contributed by atoms with E-state index in [0.29, 0.717) is 5.95 Å². The normalized spacial score (nSPS) is 10.3. The van der Waals surface area contributed by atoms with Gasteiger partial charge in [-0.25, -0.2) is 4.98 Å². The first kappa shape index (κ1) is 12.8. The van der Waals surface area contributed by atoms with Crippen molar-refractivity contribution in [3.63, 3.8) is 0 Å². The van der Waals surface area contributed by atoms with Gasteiger partial charge in [-0.15, -0.1) is 11.3 Å². The number of anilines is 2. The highest BCUT2D eigenvalue weighted by molar-refractivity contribution is 7.10. The molecule has 0 unspecified atom stereocenters. The zero-order valence-corrected chi connectivity index (χ0v) is 11.5. The minimum Gasteiger partial charge on any atom is -0.365 e. The molecule has 96 valence electrons. The largest absolute Gasteiger partial charge is 0.365 e. The molecule has 0 fully saturated rings. The Morgan fingerprint density at radius 3 is 2.89 bits per heavy atom. The molecule has 0 amide bonds. The molecule has 0 saturated heterocycles. The molecule has 0 saturated carbocycles. The lowest BCUT2D eigenvalue weighted by atomic mass is 10.3. The molecule has 2 heterocycles. The van der Waals surface area contributed by atoms with E-state index < -0.39 is 0 Å². The van der Waals surface area contributed by atoms with Crippen molar-refractivity contribution in [2.75, 3.05) is 17.2 Å². The summed E-state index contributed by atoms with van der Waals surface area (Å²) >= 11 is 1.77. The van der Waals surface area contributed by atoms with E-state index in [-0.39, 0.29) is 0 Å². The van der Waals surface area contributed by atoms with Crippen LogP contribution >= 0.6 is 11.3 Å². The summed E-state index contributed by atoms with van der Waals surface area (Å²) in [4.78, 5) is 9.93. The first-order valence-corrected chi connectivity index (χ1v) is 7.01. The zero-order chi connectivity index (χ0) is 12.8. The number of thiophene rings is 1. The Morgan fingerprint density at radius 2 is 2.17 bits per heavy atom. The molecule has 2 N–H and O–H groups in total. The Bertz CT molecular complexity index is 495. The molecule has 0 spiro atoms. The third-order valence-corrected chi connectivity index (χ3v) is 3.61. The number of aryl methyl sites for hydroxylation is 1. The maximum absolute atomic E-state index is 4.41. The highest BCUT2D eigenvalue weighted by Gasteiger charge is 2.01. The highest BCUT2D eigenvalue weighted by Crippen LogP contribution is 2.17. The van der Waals surface area contributed by atoms with E-state index in [1.807, 2.05) is 6.07 Å². The maximum Gasteiger partial charge on any atom is 0.224 e. The Labute approximate surface area is 111 Å². The van der Waals surface area contributed by atoms with Gasteiger partial charge in [0.05, 0.1) is 6.54 Å². The first-order chi connectivity index (χ1) is 8.79. The van der Waals surface area contributed by atoms with E-state index >= 15 is 0 Å². The molecule has 0 radical (unpaired) electrons. The number of hydrogen-bond donors (Lipinski definition) is 2. The van der Waals surface area contributed by atoms with Crippen molar-refractivity contribution in [1.29, 1.82) is 0 Å². The molecule has 2 rings (SSSR count). The second-order valence-corrected chi connectivity index (χ2v) is 5.07. The molecule has 2 aromatic rings. The van der Waals surface area contributed by atoms with Gasteiger partial charge < -0.3 is 10.6 Å². The summed E-state index contributed by atoms with van der Waals surface area (Å²) in [5, 5.41) is 8.62. The van der Waals surface area contributed by atoms with Gasteiger partial charge in [-0.2, -0.15) is 4.98 Å². The van der Waals surface area contributed by atoms with E-state index in [1.54, 1.807) is 17.5 Å². The van der Waals surface area contributed by atoms with Crippen molar-refractivity contribution in [3.8, 4) is 0 Å². The summed E-state index contributed by atoms with van der Waals surface area (Å²) < 4.78 is 0. The molecule has 2 aromatic heterocycles. The lowest BCUT2D eigenvalue weighted by Gasteiger charge is -2.07. The predicted octanol–water partition coefficient (Wildman–Crippen LogP) is 3.28. The highest BCUT2D eigenvalue weighted by atomic mass is 32.1. The van der Waals surface area contributed by atoms with Crippen LogP contribution in [0.25, 0.3) is 0 Å². The molecule has 0 bridgehead atoms. The average molecular weight is 262 g/mol. The van der Waals surface area contributed by atoms with Gasteiger partial charge in [-0.3, -0.25) is 0 Å². The predicted molar refractivity (Wildman–Crippen MR) is 77.2 cm³/mol. The van der Waals surface area contributed by atoms with Crippen molar-refractivity contribution in [3.05, 3.63) is 34.2 Å². The van der Waals surface area contributed by atoms with Crippen molar-refractivity contribution < 1.29 is 0 Å². The summed E-state index contributed by atoms with van der Waals surface area (Å²) in [5.74, 6) is 1.54. The van der Waals surface area contributed by atoms with E-state index in [4.69, 9.17) is 0 Å². The summed E-state index contributed by atoms with van der Waals surface area (Å²) in [6.45, 7) is 5.96. The number of nitrogens with zero attached hydrogens (tertiary/aromatic N) is 2. The Kier molecular flexibility index (Phi) is 4.52. The average Bonchev–Trinajstić information content (AvgIpc) is 2.80. The topological polar surface area (TPSA) is 49.8 Å². The molecule has 0 aliphatic heterocycles. The van der Waals surface area contributed by atoms with Crippen molar-refractivity contribution in [1.82, 2.24) is 9.97 Å². The van der Waals surface area contributed by atoms with Gasteiger partial charge in [-0.05, 0) is 36.4 Å². The number of rotatable bonds is 6. The van der Waals surface area contributed by atoms with E-state index in [0.717, 1.165) is 25.3 Å². The third-order valence-electron chi connectivity index (χ3n) is 2.59. The van der Waals surface area contributed by atoms with Gasteiger partial charge in [0.25, 0.3) is 0 Å². The van der Waals surface area contributed by atoms with E-state index in [9.17, 15) is 0 Å². The summed E-state index contributed by atoms with van der Waals surface area (Å²) in [7, 11) is 0. The summed E-state index contributed by atoms with van der Waals surface area (Å²) in [6, 6.07) is 4.02. The monoisotopic (exact) mass is 262 g/mol. The van der Waals surface area contributed by atoms with Crippen molar-refractivity contribution in [2.45, 2.75) is 26.8 Å². The van der Waals surface area contributed by atoms with Crippen LogP contribution in [-0.2, 0) is 6.54 Å². The smallest absolute Gasteiger partial charge is 0.224 e. The first-order valence-electron chi connectivity index (χ1n) is 6.13. The SMILES string of the molecule is CCCNc1nccc(NCc2sccc2C)n1. The quantitative estimate of drug-likeness (QED) is 0.839. The van der Waals surface area contributed by atoms with Crippen LogP contribution in [0, 0.1) is 6.92 Å². The number of hydrogen-bond acceptors (Lipinski definition) is 5. The van der Waals surface area contributed by atoms with Crippen LogP contribution in [0.2, 0.25) is 0 Å². The van der Waals surface area contributed by atoms with Gasteiger partial charge in [0, 0.05) is 17.6 Å². The summed E-state index contributed by atoms with van der Waals surface area (Å²) in [5.41, 5.74) is 1.32. The van der Waals surface area contributed by atoms with Gasteiger partial charge in [0.15, 0.2) is 0 Å². The minimum atomic E-state index is 0.685. The molecule has 18 heavy (non-hydrogen) atoms. The molecular weight excluding hydrogens is 244 g/mol. The van der Waals surface area contributed by atoms with E-state index in [1.165, 1.54) is 10.4 Å². The van der Waals surface area contributed by atoms with Crippen molar-refractivity contribution >= 4 is 23.1 Å². The second kappa shape index (κ2) is 6.35. The third kappa shape index (κ3) is 3.43. The Hall–Kier alpha value is -1.62. The zero-order valence-electron chi connectivity index (χ0n) is 10.7. The minimum absolute atomic E-state index is 0.685. The van der Waals surface area contributed by atoms with Crippen LogP contribution in [-0.4, -0.2) is 16.5 Å². The van der Waals surface area contributed by atoms with Gasteiger partial charge in [0.2, 0.25) is 5.95 Å². The van der Waals surface area contributed by atoms with Crippen LogP contribution in [0.1, 0.15) is 23.8 Å². The lowest BCUT2D eigenvalue weighted by molar-refractivity contribution is 0.950.